The highest BCUT2D eigenvalue weighted by molar-refractivity contribution is 7.13. The highest BCUT2D eigenvalue weighted by Crippen LogP contribution is 2.29. The van der Waals surface area contributed by atoms with Gasteiger partial charge in [-0.15, -0.1) is 11.3 Å². The summed E-state index contributed by atoms with van der Waals surface area (Å²) >= 11 is 1.37. The Morgan fingerprint density at radius 2 is 2.20 bits per heavy atom. The molecule has 1 unspecified atom stereocenters. The molecule has 132 valence electrons. The minimum atomic E-state index is -0.902. The molecule has 1 aromatic carbocycles. The maximum Gasteiger partial charge on any atom is 0.308 e. The first-order chi connectivity index (χ1) is 11.9. The van der Waals surface area contributed by atoms with Crippen molar-refractivity contribution in [3.8, 4) is 10.6 Å². The van der Waals surface area contributed by atoms with Crippen LogP contribution in [0.2, 0.25) is 0 Å². The highest BCUT2D eigenvalue weighted by atomic mass is 32.1. The fraction of sp³-hybridized carbons (Fsp3) is 0.389. The van der Waals surface area contributed by atoms with Crippen molar-refractivity contribution >= 4 is 23.2 Å². The van der Waals surface area contributed by atoms with Gasteiger partial charge in [-0.25, -0.2) is 9.37 Å². The van der Waals surface area contributed by atoms with E-state index in [0.29, 0.717) is 16.3 Å². The Hall–Kier alpha value is -2.28. The molecule has 0 radical (unpaired) electrons. The predicted molar refractivity (Wildman–Crippen MR) is 92.7 cm³/mol. The summed E-state index contributed by atoms with van der Waals surface area (Å²) in [7, 11) is 0. The van der Waals surface area contributed by atoms with E-state index in [9.17, 15) is 14.0 Å². The van der Waals surface area contributed by atoms with Crippen LogP contribution < -0.4 is 0 Å². The fourth-order valence-electron chi connectivity index (χ4n) is 2.61. The number of thiazole rings is 1. The minimum absolute atomic E-state index is 0.105. The minimum Gasteiger partial charge on any atom is -0.481 e. The van der Waals surface area contributed by atoms with Gasteiger partial charge in [-0.2, -0.15) is 0 Å². The summed E-state index contributed by atoms with van der Waals surface area (Å²) in [4.78, 5) is 29.7. The van der Waals surface area contributed by atoms with Crippen LogP contribution in [0.1, 0.15) is 25.5 Å². The second-order valence-corrected chi connectivity index (χ2v) is 7.21. The monoisotopic (exact) mass is 362 g/mol. The predicted octanol–water partition coefficient (Wildman–Crippen LogP) is 3.20. The van der Waals surface area contributed by atoms with Crippen molar-refractivity contribution in [3.05, 3.63) is 41.2 Å². The Bertz CT molecular complexity index is 788. The molecule has 1 aromatic heterocycles. The number of aromatic nitrogens is 1. The third-order valence-electron chi connectivity index (χ3n) is 4.16. The van der Waals surface area contributed by atoms with Gasteiger partial charge in [-0.05, 0) is 25.0 Å². The van der Waals surface area contributed by atoms with Crippen LogP contribution in [0.3, 0.4) is 0 Å². The molecular weight excluding hydrogens is 343 g/mol. The third kappa shape index (κ3) is 4.42. The van der Waals surface area contributed by atoms with Gasteiger partial charge in [0.2, 0.25) is 5.91 Å². The number of carboxylic acid groups (broad SMARTS) is 1. The summed E-state index contributed by atoms with van der Waals surface area (Å²) in [5, 5.41) is 11.5. The van der Waals surface area contributed by atoms with E-state index in [4.69, 9.17) is 5.11 Å². The topological polar surface area (TPSA) is 70.5 Å². The zero-order valence-electron chi connectivity index (χ0n) is 13.8. The summed E-state index contributed by atoms with van der Waals surface area (Å²) in [6.07, 6.45) is 1.97. The number of aliphatic carboxylic acids is 1. The van der Waals surface area contributed by atoms with E-state index >= 15 is 0 Å². The van der Waals surface area contributed by atoms with Crippen molar-refractivity contribution < 1.29 is 19.1 Å². The smallest absolute Gasteiger partial charge is 0.308 e. The molecule has 0 aliphatic heterocycles. The maximum atomic E-state index is 13.3. The number of rotatable bonds is 7. The van der Waals surface area contributed by atoms with E-state index in [0.717, 1.165) is 12.8 Å². The van der Waals surface area contributed by atoms with E-state index in [2.05, 4.69) is 4.98 Å². The van der Waals surface area contributed by atoms with Crippen LogP contribution in [0.15, 0.2) is 29.6 Å². The van der Waals surface area contributed by atoms with E-state index in [1.54, 1.807) is 29.3 Å². The van der Waals surface area contributed by atoms with Gasteiger partial charge < -0.3 is 10.0 Å². The number of halogens is 1. The van der Waals surface area contributed by atoms with Gasteiger partial charge in [0, 0.05) is 23.5 Å². The van der Waals surface area contributed by atoms with Crippen LogP contribution in [0.25, 0.3) is 10.6 Å². The lowest BCUT2D eigenvalue weighted by Crippen LogP contribution is -2.39. The molecule has 1 saturated carbocycles. The highest BCUT2D eigenvalue weighted by Gasteiger charge is 2.34. The van der Waals surface area contributed by atoms with Crippen LogP contribution in [0.4, 0.5) is 4.39 Å². The third-order valence-corrected chi connectivity index (χ3v) is 5.10. The Labute approximate surface area is 149 Å². The standard InChI is InChI=1S/C18H19FN2O3S/c1-11(18(23)24)9-21(15-5-6-15)16(22)8-14-10-25-17(20-14)12-3-2-4-13(19)7-12/h2-4,7,10-11,15H,5-6,8-9H2,1H3,(H,23,24). The molecule has 3 rings (SSSR count). The molecule has 5 nitrogen and oxygen atoms in total. The quantitative estimate of drug-likeness (QED) is 0.821. The summed E-state index contributed by atoms with van der Waals surface area (Å²) in [5.41, 5.74) is 1.31. The lowest BCUT2D eigenvalue weighted by atomic mass is 10.1. The Kier molecular flexibility index (Phi) is 5.13. The largest absolute Gasteiger partial charge is 0.481 e. The van der Waals surface area contributed by atoms with Crippen LogP contribution in [-0.4, -0.2) is 39.5 Å². The van der Waals surface area contributed by atoms with Crippen molar-refractivity contribution in [2.75, 3.05) is 6.54 Å². The first-order valence-corrected chi connectivity index (χ1v) is 9.04. The number of carbonyl (C=O) groups excluding carboxylic acids is 1. The van der Waals surface area contributed by atoms with Crippen molar-refractivity contribution in [1.82, 2.24) is 9.88 Å². The summed E-state index contributed by atoms with van der Waals surface area (Å²) in [6, 6.07) is 6.33. The average Bonchev–Trinajstić information content (AvgIpc) is 3.30. The Morgan fingerprint density at radius 3 is 2.84 bits per heavy atom. The molecule has 1 heterocycles. The van der Waals surface area contributed by atoms with Crippen LogP contribution >= 0.6 is 11.3 Å². The first kappa shape index (κ1) is 17.5. The normalized spacial score (nSPS) is 15.0. The van der Waals surface area contributed by atoms with Crippen LogP contribution in [0.5, 0.6) is 0 Å². The average molecular weight is 362 g/mol. The van der Waals surface area contributed by atoms with Crippen LogP contribution in [0, 0.1) is 11.7 Å². The number of carbonyl (C=O) groups is 2. The number of hydrogen-bond donors (Lipinski definition) is 1. The molecule has 25 heavy (non-hydrogen) atoms. The summed E-state index contributed by atoms with van der Waals surface area (Å²) < 4.78 is 13.3. The van der Waals surface area contributed by atoms with Gasteiger partial charge in [0.15, 0.2) is 0 Å². The maximum absolute atomic E-state index is 13.3. The number of nitrogens with zero attached hydrogens (tertiary/aromatic N) is 2. The number of hydrogen-bond acceptors (Lipinski definition) is 4. The number of amides is 1. The van der Waals surface area contributed by atoms with Crippen molar-refractivity contribution in [1.29, 1.82) is 0 Å². The molecule has 0 spiro atoms. The lowest BCUT2D eigenvalue weighted by molar-refractivity contribution is -0.143. The van der Waals surface area contributed by atoms with Crippen molar-refractivity contribution in [2.45, 2.75) is 32.2 Å². The molecule has 1 aliphatic rings. The molecule has 0 saturated heterocycles. The Morgan fingerprint density at radius 1 is 1.44 bits per heavy atom. The molecule has 2 aromatic rings. The SMILES string of the molecule is CC(CN(C(=O)Cc1csc(-c2cccc(F)c2)n1)C1CC1)C(=O)O. The zero-order valence-corrected chi connectivity index (χ0v) is 14.6. The van der Waals surface area contributed by atoms with Gasteiger partial charge in [0.05, 0.1) is 18.0 Å². The van der Waals surface area contributed by atoms with E-state index < -0.39 is 11.9 Å². The van der Waals surface area contributed by atoms with Gasteiger partial charge >= 0.3 is 5.97 Å². The van der Waals surface area contributed by atoms with E-state index in [1.807, 2.05) is 0 Å². The van der Waals surface area contributed by atoms with Crippen molar-refractivity contribution in [3.63, 3.8) is 0 Å². The molecule has 1 amide bonds. The molecular formula is C18H19FN2O3S. The number of benzene rings is 1. The molecule has 7 heteroatoms. The van der Waals surface area contributed by atoms with Gasteiger partial charge in [-0.1, -0.05) is 19.1 Å². The number of carboxylic acids is 1. The summed E-state index contributed by atoms with van der Waals surface area (Å²) in [5.74, 6) is -1.93. The second kappa shape index (κ2) is 7.31. The van der Waals surface area contributed by atoms with Crippen LogP contribution in [-0.2, 0) is 16.0 Å². The molecule has 1 fully saturated rings. The molecule has 1 atom stereocenters. The van der Waals surface area contributed by atoms with E-state index in [1.165, 1.54) is 23.5 Å². The molecule has 1 aliphatic carbocycles. The molecule has 1 N–H and O–H groups in total. The van der Waals surface area contributed by atoms with Gasteiger partial charge in [-0.3, -0.25) is 9.59 Å². The lowest BCUT2D eigenvalue weighted by Gasteiger charge is -2.24. The zero-order chi connectivity index (χ0) is 18.0. The van der Waals surface area contributed by atoms with Gasteiger partial charge in [0.1, 0.15) is 10.8 Å². The Balaban J connectivity index is 1.68. The molecule has 0 bridgehead atoms. The van der Waals surface area contributed by atoms with Crippen molar-refractivity contribution in [2.24, 2.45) is 5.92 Å². The van der Waals surface area contributed by atoms with E-state index in [-0.39, 0.29) is 30.7 Å². The fourth-order valence-corrected chi connectivity index (χ4v) is 3.43. The van der Waals surface area contributed by atoms with Gasteiger partial charge in [0.25, 0.3) is 0 Å². The first-order valence-electron chi connectivity index (χ1n) is 8.16. The second-order valence-electron chi connectivity index (χ2n) is 6.35. The summed E-state index contributed by atoms with van der Waals surface area (Å²) in [6.45, 7) is 1.83.